The summed E-state index contributed by atoms with van der Waals surface area (Å²) < 4.78 is 2.08. The molecule has 0 bridgehead atoms. The lowest BCUT2D eigenvalue weighted by Crippen LogP contribution is -1.99. The van der Waals surface area contributed by atoms with Gasteiger partial charge in [0, 0.05) is 12.4 Å². The maximum absolute atomic E-state index is 3.81. The van der Waals surface area contributed by atoms with Gasteiger partial charge in [-0.15, -0.1) is 0 Å². The molecule has 1 aliphatic heterocycles. The molecule has 0 saturated heterocycles. The molecule has 1 aliphatic rings. The van der Waals surface area contributed by atoms with Crippen molar-refractivity contribution in [1.29, 1.82) is 0 Å². The maximum atomic E-state index is 3.81. The molecule has 10 heavy (non-hydrogen) atoms. The summed E-state index contributed by atoms with van der Waals surface area (Å²) in [7, 11) is 0. The summed E-state index contributed by atoms with van der Waals surface area (Å²) >= 11 is 0. The zero-order valence-electron chi connectivity index (χ0n) is 5.44. The van der Waals surface area contributed by atoms with E-state index in [4.69, 9.17) is 0 Å². The van der Waals surface area contributed by atoms with Gasteiger partial charge in [-0.3, -0.25) is 0 Å². The third kappa shape index (κ3) is 0.757. The Morgan fingerprint density at radius 1 is 1.40 bits per heavy atom. The van der Waals surface area contributed by atoms with E-state index in [1.165, 1.54) is 0 Å². The van der Waals surface area contributed by atoms with E-state index >= 15 is 0 Å². The van der Waals surface area contributed by atoms with Crippen molar-refractivity contribution in [2.45, 2.75) is 6.54 Å². The van der Waals surface area contributed by atoms with Crippen LogP contribution >= 0.6 is 0 Å². The quantitative estimate of drug-likeness (QED) is 0.503. The standard InChI is InChI=1S/C7H7N3/c1-2-7-6-9-8-3-5-10(7)4-1/h1-4,6H,5H2. The first-order valence-electron chi connectivity index (χ1n) is 3.17. The zero-order valence-corrected chi connectivity index (χ0v) is 5.44. The first-order chi connectivity index (χ1) is 4.97. The minimum atomic E-state index is 0.822. The topological polar surface area (TPSA) is 29.6 Å². The number of aromatic nitrogens is 1. The number of hydrogen-bond donors (Lipinski definition) is 0. The van der Waals surface area contributed by atoms with Gasteiger partial charge in [-0.05, 0) is 12.1 Å². The van der Waals surface area contributed by atoms with Gasteiger partial charge in [-0.2, -0.15) is 10.2 Å². The van der Waals surface area contributed by atoms with Crippen molar-refractivity contribution in [1.82, 2.24) is 4.57 Å². The van der Waals surface area contributed by atoms with Crippen molar-refractivity contribution < 1.29 is 0 Å². The Hall–Kier alpha value is -1.38. The van der Waals surface area contributed by atoms with Crippen LogP contribution < -0.4 is 0 Å². The molecule has 0 aliphatic carbocycles. The van der Waals surface area contributed by atoms with Gasteiger partial charge < -0.3 is 4.57 Å². The van der Waals surface area contributed by atoms with Crippen LogP contribution in [0.25, 0.3) is 0 Å². The van der Waals surface area contributed by atoms with Gasteiger partial charge >= 0.3 is 0 Å². The first-order valence-corrected chi connectivity index (χ1v) is 3.17. The summed E-state index contributed by atoms with van der Waals surface area (Å²) in [6.07, 6.45) is 5.55. The van der Waals surface area contributed by atoms with E-state index in [2.05, 4.69) is 14.8 Å². The Labute approximate surface area is 58.7 Å². The van der Waals surface area contributed by atoms with Gasteiger partial charge in [0.2, 0.25) is 0 Å². The molecule has 0 atom stereocenters. The summed E-state index contributed by atoms with van der Waals surface area (Å²) in [6, 6.07) is 4.01. The summed E-state index contributed by atoms with van der Waals surface area (Å²) in [5, 5.41) is 7.59. The Kier molecular flexibility index (Phi) is 1.13. The minimum absolute atomic E-state index is 0.822. The van der Waals surface area contributed by atoms with E-state index in [9.17, 15) is 0 Å². The molecule has 0 N–H and O–H groups in total. The average molecular weight is 133 g/mol. The molecule has 0 fully saturated rings. The summed E-state index contributed by atoms with van der Waals surface area (Å²) in [5.74, 6) is 0. The molecular weight excluding hydrogens is 126 g/mol. The summed E-state index contributed by atoms with van der Waals surface area (Å²) in [5.41, 5.74) is 1.11. The molecule has 2 heterocycles. The van der Waals surface area contributed by atoms with E-state index < -0.39 is 0 Å². The predicted octanol–water partition coefficient (Wildman–Crippen LogP) is 0.906. The van der Waals surface area contributed by atoms with Crippen LogP contribution in [-0.2, 0) is 6.54 Å². The van der Waals surface area contributed by atoms with Crippen LogP contribution in [0, 0.1) is 0 Å². The van der Waals surface area contributed by atoms with Gasteiger partial charge in [0.15, 0.2) is 0 Å². The van der Waals surface area contributed by atoms with Crippen LogP contribution in [0.3, 0.4) is 0 Å². The SMILES string of the molecule is C1=NN=Cc2cccn2C1. The van der Waals surface area contributed by atoms with Gasteiger partial charge in [0.05, 0.1) is 18.5 Å². The highest BCUT2D eigenvalue weighted by molar-refractivity contribution is 5.79. The van der Waals surface area contributed by atoms with Crippen LogP contribution in [0.1, 0.15) is 5.69 Å². The monoisotopic (exact) mass is 133 g/mol. The molecule has 50 valence electrons. The Morgan fingerprint density at radius 2 is 2.40 bits per heavy atom. The molecule has 3 nitrogen and oxygen atoms in total. The second-order valence-electron chi connectivity index (χ2n) is 2.13. The largest absolute Gasteiger partial charge is 0.341 e. The molecule has 1 aromatic rings. The zero-order chi connectivity index (χ0) is 6.81. The summed E-state index contributed by atoms with van der Waals surface area (Å²) in [6.45, 7) is 0.822. The Morgan fingerprint density at radius 3 is 3.40 bits per heavy atom. The molecular formula is C7H7N3. The van der Waals surface area contributed by atoms with Crippen LogP contribution in [0.5, 0.6) is 0 Å². The third-order valence-electron chi connectivity index (χ3n) is 1.48. The average Bonchev–Trinajstić information content (AvgIpc) is 2.28. The van der Waals surface area contributed by atoms with Gasteiger partial charge in [0.25, 0.3) is 0 Å². The maximum Gasteiger partial charge on any atom is 0.0732 e. The van der Waals surface area contributed by atoms with Crippen molar-refractivity contribution in [2.24, 2.45) is 10.2 Å². The Bertz CT molecular complexity index is 283. The van der Waals surface area contributed by atoms with Gasteiger partial charge in [0.1, 0.15) is 0 Å². The first kappa shape index (κ1) is 5.41. The van der Waals surface area contributed by atoms with Crippen LogP contribution in [0.4, 0.5) is 0 Å². The van der Waals surface area contributed by atoms with Crippen LogP contribution in [0.15, 0.2) is 28.5 Å². The fourth-order valence-corrected chi connectivity index (χ4v) is 0.975. The Balaban J connectivity index is 2.50. The highest BCUT2D eigenvalue weighted by Gasteiger charge is 1.96. The van der Waals surface area contributed by atoms with Crippen molar-refractivity contribution in [2.75, 3.05) is 0 Å². The lowest BCUT2D eigenvalue weighted by atomic mass is 10.4. The number of fused-ring (bicyclic) bond motifs is 1. The van der Waals surface area contributed by atoms with Crippen molar-refractivity contribution in [3.63, 3.8) is 0 Å². The van der Waals surface area contributed by atoms with Gasteiger partial charge in [-0.1, -0.05) is 0 Å². The number of hydrogen-bond acceptors (Lipinski definition) is 2. The molecule has 0 saturated carbocycles. The van der Waals surface area contributed by atoms with Crippen LogP contribution in [-0.4, -0.2) is 17.0 Å². The molecule has 3 heteroatoms. The number of rotatable bonds is 0. The molecule has 0 radical (unpaired) electrons. The van der Waals surface area contributed by atoms with Crippen molar-refractivity contribution in [3.8, 4) is 0 Å². The lowest BCUT2D eigenvalue weighted by Gasteiger charge is -1.96. The fraction of sp³-hybridized carbons (Fsp3) is 0.143. The van der Waals surface area contributed by atoms with E-state index in [1.54, 1.807) is 12.4 Å². The molecule has 0 amide bonds. The van der Waals surface area contributed by atoms with E-state index in [0.717, 1.165) is 12.2 Å². The highest BCUT2D eigenvalue weighted by atomic mass is 15.2. The molecule has 0 aromatic carbocycles. The second-order valence-corrected chi connectivity index (χ2v) is 2.13. The second kappa shape index (κ2) is 2.10. The number of nitrogens with zero attached hydrogens (tertiary/aromatic N) is 3. The van der Waals surface area contributed by atoms with Crippen molar-refractivity contribution >= 4 is 12.4 Å². The highest BCUT2D eigenvalue weighted by Crippen LogP contribution is 2.00. The predicted molar refractivity (Wildman–Crippen MR) is 40.5 cm³/mol. The van der Waals surface area contributed by atoms with Crippen molar-refractivity contribution in [3.05, 3.63) is 24.0 Å². The molecule has 0 unspecified atom stereocenters. The molecule has 2 rings (SSSR count). The smallest absolute Gasteiger partial charge is 0.0732 e. The normalized spacial score (nSPS) is 14.8. The van der Waals surface area contributed by atoms with Gasteiger partial charge in [-0.25, -0.2) is 0 Å². The molecule has 0 spiro atoms. The van der Waals surface area contributed by atoms with E-state index in [-0.39, 0.29) is 0 Å². The lowest BCUT2D eigenvalue weighted by molar-refractivity contribution is 0.869. The summed E-state index contributed by atoms with van der Waals surface area (Å²) in [4.78, 5) is 0. The van der Waals surface area contributed by atoms with E-state index in [1.807, 2.05) is 18.3 Å². The molecule has 1 aromatic heterocycles. The van der Waals surface area contributed by atoms with Crippen LogP contribution in [0.2, 0.25) is 0 Å². The minimum Gasteiger partial charge on any atom is -0.341 e. The fourth-order valence-electron chi connectivity index (χ4n) is 0.975. The van der Waals surface area contributed by atoms with E-state index in [0.29, 0.717) is 0 Å². The third-order valence-corrected chi connectivity index (χ3v) is 1.48.